The van der Waals surface area contributed by atoms with E-state index in [4.69, 9.17) is 9.73 Å². The summed E-state index contributed by atoms with van der Waals surface area (Å²) in [6.45, 7) is 10.7. The molecule has 0 spiro atoms. The van der Waals surface area contributed by atoms with E-state index in [0.29, 0.717) is 12.6 Å². The molecule has 0 aliphatic carbocycles. The molecule has 3 heterocycles. The van der Waals surface area contributed by atoms with Gasteiger partial charge in [-0.25, -0.2) is 0 Å². The molecule has 2 saturated heterocycles. The molecule has 2 unspecified atom stereocenters. The molecule has 7 heteroatoms. The van der Waals surface area contributed by atoms with Crippen LogP contribution in [0.15, 0.2) is 47.7 Å². The van der Waals surface area contributed by atoms with E-state index < -0.39 is 0 Å². The first kappa shape index (κ1) is 22.8. The number of likely N-dealkylation sites (tertiary alicyclic amines) is 1. The Morgan fingerprint density at radius 1 is 1.22 bits per heavy atom. The summed E-state index contributed by atoms with van der Waals surface area (Å²) in [4.78, 5) is 10.1. The molecule has 7 nitrogen and oxygen atoms in total. The monoisotopic (exact) mass is 438 g/mol. The SMILES string of the molecule is CCNC(=NCC(c1ccccc1)N1CCC(C)CC1)N1CCOC(c2cnn(C)c2)C1. The summed E-state index contributed by atoms with van der Waals surface area (Å²) >= 11 is 0. The lowest BCUT2D eigenvalue weighted by Gasteiger charge is -2.37. The molecule has 174 valence electrons. The fraction of sp³-hybridized carbons (Fsp3) is 0.600. The Bertz CT molecular complexity index is 858. The van der Waals surface area contributed by atoms with Gasteiger partial charge in [-0.15, -0.1) is 0 Å². The Morgan fingerprint density at radius 3 is 2.69 bits per heavy atom. The van der Waals surface area contributed by atoms with Gasteiger partial charge < -0.3 is 15.0 Å². The van der Waals surface area contributed by atoms with Gasteiger partial charge in [0.15, 0.2) is 5.96 Å². The normalized spacial score (nSPS) is 22.2. The van der Waals surface area contributed by atoms with Crippen molar-refractivity contribution in [1.29, 1.82) is 0 Å². The average Bonchev–Trinajstić information content (AvgIpc) is 3.27. The highest BCUT2D eigenvalue weighted by Crippen LogP contribution is 2.27. The minimum Gasteiger partial charge on any atom is -0.370 e. The molecule has 32 heavy (non-hydrogen) atoms. The summed E-state index contributed by atoms with van der Waals surface area (Å²) in [6.07, 6.45) is 6.50. The number of benzene rings is 1. The van der Waals surface area contributed by atoms with E-state index in [1.54, 1.807) is 0 Å². The van der Waals surface area contributed by atoms with Crippen molar-refractivity contribution in [2.45, 2.75) is 38.8 Å². The number of nitrogens with one attached hydrogen (secondary N) is 1. The van der Waals surface area contributed by atoms with Crippen LogP contribution in [0, 0.1) is 5.92 Å². The number of piperidine rings is 1. The molecular formula is C25H38N6O. The van der Waals surface area contributed by atoms with Crippen LogP contribution in [-0.2, 0) is 11.8 Å². The number of aliphatic imine (C=N–C) groups is 1. The van der Waals surface area contributed by atoms with Gasteiger partial charge in [0.1, 0.15) is 6.10 Å². The number of ether oxygens (including phenoxy) is 1. The maximum Gasteiger partial charge on any atom is 0.194 e. The molecular weight excluding hydrogens is 400 g/mol. The van der Waals surface area contributed by atoms with Gasteiger partial charge >= 0.3 is 0 Å². The zero-order valence-electron chi connectivity index (χ0n) is 19.8. The van der Waals surface area contributed by atoms with Crippen molar-refractivity contribution in [2.75, 3.05) is 45.9 Å². The van der Waals surface area contributed by atoms with Gasteiger partial charge in [0.05, 0.1) is 31.9 Å². The first-order chi connectivity index (χ1) is 15.6. The molecule has 1 aromatic carbocycles. The van der Waals surface area contributed by atoms with Crippen LogP contribution >= 0.6 is 0 Å². The summed E-state index contributed by atoms with van der Waals surface area (Å²) in [6, 6.07) is 11.2. The van der Waals surface area contributed by atoms with E-state index in [9.17, 15) is 0 Å². The van der Waals surface area contributed by atoms with Gasteiger partial charge in [0.25, 0.3) is 0 Å². The molecule has 4 rings (SSSR count). The van der Waals surface area contributed by atoms with Crippen molar-refractivity contribution < 1.29 is 4.74 Å². The molecule has 2 fully saturated rings. The molecule has 2 aliphatic heterocycles. The molecule has 1 N–H and O–H groups in total. The Balaban J connectivity index is 1.50. The van der Waals surface area contributed by atoms with E-state index in [0.717, 1.165) is 56.7 Å². The molecule has 0 amide bonds. The fourth-order valence-corrected chi connectivity index (χ4v) is 4.70. The highest BCUT2D eigenvalue weighted by atomic mass is 16.5. The predicted molar refractivity (Wildman–Crippen MR) is 129 cm³/mol. The molecule has 0 bridgehead atoms. The van der Waals surface area contributed by atoms with E-state index in [-0.39, 0.29) is 6.10 Å². The maximum atomic E-state index is 6.05. The molecule has 2 aromatic rings. The second kappa shape index (κ2) is 11.0. The van der Waals surface area contributed by atoms with Crippen molar-refractivity contribution >= 4 is 5.96 Å². The number of aryl methyl sites for hydroxylation is 1. The predicted octanol–water partition coefficient (Wildman–Crippen LogP) is 3.23. The third-order valence-corrected chi connectivity index (χ3v) is 6.65. The lowest BCUT2D eigenvalue weighted by atomic mass is 9.96. The third kappa shape index (κ3) is 5.70. The Labute approximate surface area is 192 Å². The summed E-state index contributed by atoms with van der Waals surface area (Å²) in [5.74, 6) is 1.80. The number of hydrogen-bond acceptors (Lipinski definition) is 4. The van der Waals surface area contributed by atoms with Crippen LogP contribution in [0.3, 0.4) is 0 Å². The maximum absolute atomic E-state index is 6.05. The summed E-state index contributed by atoms with van der Waals surface area (Å²) < 4.78 is 7.88. The number of guanidine groups is 1. The van der Waals surface area contributed by atoms with Crippen LogP contribution in [0.25, 0.3) is 0 Å². The smallest absolute Gasteiger partial charge is 0.194 e. The highest BCUT2D eigenvalue weighted by molar-refractivity contribution is 5.80. The quantitative estimate of drug-likeness (QED) is 0.554. The van der Waals surface area contributed by atoms with Gasteiger partial charge in [-0.3, -0.25) is 14.6 Å². The molecule has 1 aromatic heterocycles. The summed E-state index contributed by atoms with van der Waals surface area (Å²) in [5, 5.41) is 7.84. The van der Waals surface area contributed by atoms with Crippen molar-refractivity contribution in [3.63, 3.8) is 0 Å². The number of morpholine rings is 1. The van der Waals surface area contributed by atoms with Crippen molar-refractivity contribution in [1.82, 2.24) is 24.9 Å². The number of rotatable bonds is 6. The van der Waals surface area contributed by atoms with Crippen molar-refractivity contribution in [3.8, 4) is 0 Å². The molecule has 2 aliphatic rings. The second-order valence-electron chi connectivity index (χ2n) is 9.09. The van der Waals surface area contributed by atoms with Crippen LogP contribution in [0.5, 0.6) is 0 Å². The standard InChI is InChI=1S/C25H38N6O/c1-4-26-25(31-14-15-32-24(19-31)22-16-28-29(3)18-22)27-17-23(21-8-6-5-7-9-21)30-12-10-20(2)11-13-30/h5-9,16,18,20,23-24H,4,10-15,17,19H2,1-3H3,(H,26,27). The van der Waals surface area contributed by atoms with Gasteiger partial charge in [-0.05, 0) is 44.3 Å². The average molecular weight is 439 g/mol. The van der Waals surface area contributed by atoms with Crippen LogP contribution < -0.4 is 5.32 Å². The topological polar surface area (TPSA) is 57.9 Å². The van der Waals surface area contributed by atoms with Gasteiger partial charge in [-0.2, -0.15) is 5.10 Å². The first-order valence-electron chi connectivity index (χ1n) is 12.1. The lowest BCUT2D eigenvalue weighted by molar-refractivity contribution is -0.00810. The van der Waals surface area contributed by atoms with Crippen LogP contribution in [0.1, 0.15) is 50.0 Å². The molecule has 0 radical (unpaired) electrons. The second-order valence-corrected chi connectivity index (χ2v) is 9.09. The van der Waals surface area contributed by atoms with Crippen LogP contribution in [-0.4, -0.2) is 71.4 Å². The van der Waals surface area contributed by atoms with Gasteiger partial charge in [0, 0.05) is 31.9 Å². The highest BCUT2D eigenvalue weighted by Gasteiger charge is 2.27. The Hall–Kier alpha value is -2.38. The Kier molecular flexibility index (Phi) is 7.81. The van der Waals surface area contributed by atoms with E-state index in [2.05, 4.69) is 64.4 Å². The zero-order chi connectivity index (χ0) is 22.3. The van der Waals surface area contributed by atoms with E-state index in [1.165, 1.54) is 18.4 Å². The van der Waals surface area contributed by atoms with Crippen molar-refractivity contribution in [3.05, 3.63) is 53.9 Å². The van der Waals surface area contributed by atoms with Crippen molar-refractivity contribution in [2.24, 2.45) is 18.0 Å². The van der Waals surface area contributed by atoms with Gasteiger partial charge in [-0.1, -0.05) is 37.3 Å². The fourth-order valence-electron chi connectivity index (χ4n) is 4.70. The summed E-state index contributed by atoms with van der Waals surface area (Å²) in [5.41, 5.74) is 2.48. The third-order valence-electron chi connectivity index (χ3n) is 6.65. The van der Waals surface area contributed by atoms with E-state index >= 15 is 0 Å². The largest absolute Gasteiger partial charge is 0.370 e. The number of aromatic nitrogens is 2. The minimum absolute atomic E-state index is 0.0230. The van der Waals surface area contributed by atoms with Crippen LogP contribution in [0.2, 0.25) is 0 Å². The summed E-state index contributed by atoms with van der Waals surface area (Å²) in [7, 11) is 1.95. The van der Waals surface area contributed by atoms with Crippen LogP contribution in [0.4, 0.5) is 0 Å². The molecule has 2 atom stereocenters. The minimum atomic E-state index is 0.0230. The zero-order valence-corrected chi connectivity index (χ0v) is 19.8. The Morgan fingerprint density at radius 2 is 2.00 bits per heavy atom. The molecule has 0 saturated carbocycles. The first-order valence-corrected chi connectivity index (χ1v) is 12.1. The number of nitrogens with zero attached hydrogens (tertiary/aromatic N) is 5. The number of hydrogen-bond donors (Lipinski definition) is 1. The lowest BCUT2D eigenvalue weighted by Crippen LogP contribution is -2.48. The van der Waals surface area contributed by atoms with Gasteiger partial charge in [0.2, 0.25) is 0 Å². The van der Waals surface area contributed by atoms with E-state index in [1.807, 2.05) is 24.1 Å².